The standard InChI is InChI=1S/C11H16Br2/c1-9(2)5-4-6-10(3)7-8-11(12)13/h5,7-8H,4,6H2,1-3H3. The number of rotatable bonds is 4. The van der Waals surface area contributed by atoms with Gasteiger partial charge in [-0.3, -0.25) is 0 Å². The first kappa shape index (κ1) is 13.2. The van der Waals surface area contributed by atoms with Crippen LogP contribution in [0, 0.1) is 0 Å². The van der Waals surface area contributed by atoms with Crippen LogP contribution in [0.4, 0.5) is 0 Å². The second-order valence-corrected chi connectivity index (χ2v) is 6.06. The van der Waals surface area contributed by atoms with Gasteiger partial charge >= 0.3 is 0 Å². The van der Waals surface area contributed by atoms with Crippen molar-refractivity contribution in [1.82, 2.24) is 0 Å². The Balaban J connectivity index is 3.88. The van der Waals surface area contributed by atoms with Crippen molar-refractivity contribution < 1.29 is 0 Å². The van der Waals surface area contributed by atoms with E-state index >= 15 is 0 Å². The highest BCUT2D eigenvalue weighted by Crippen LogP contribution is 2.14. The zero-order valence-electron chi connectivity index (χ0n) is 8.40. The second kappa shape index (κ2) is 7.57. The maximum Gasteiger partial charge on any atom is 0.0604 e. The molecule has 0 N–H and O–H groups in total. The average molecular weight is 308 g/mol. The average Bonchev–Trinajstić information content (AvgIpc) is 2.00. The largest absolute Gasteiger partial charge is 0.0856 e. The van der Waals surface area contributed by atoms with E-state index in [1.165, 1.54) is 11.1 Å². The Bertz CT molecular complexity index is 226. The molecule has 0 fully saturated rings. The van der Waals surface area contributed by atoms with Crippen molar-refractivity contribution in [2.75, 3.05) is 0 Å². The maximum absolute atomic E-state index is 3.32. The van der Waals surface area contributed by atoms with Crippen LogP contribution in [0.25, 0.3) is 0 Å². The smallest absolute Gasteiger partial charge is 0.0604 e. The SMILES string of the molecule is CC(C)=CCCC(C)=CC=C(Br)Br. The molecule has 0 aliphatic carbocycles. The minimum atomic E-state index is 0.988. The number of halogens is 2. The van der Waals surface area contributed by atoms with E-state index in [2.05, 4.69) is 64.8 Å². The Morgan fingerprint density at radius 1 is 1.08 bits per heavy atom. The summed E-state index contributed by atoms with van der Waals surface area (Å²) >= 11 is 6.63. The molecular weight excluding hydrogens is 292 g/mol. The van der Waals surface area contributed by atoms with Crippen LogP contribution in [0.2, 0.25) is 0 Å². The lowest BCUT2D eigenvalue weighted by molar-refractivity contribution is 0.967. The third kappa shape index (κ3) is 10.1. The van der Waals surface area contributed by atoms with Crippen LogP contribution in [0.3, 0.4) is 0 Å². The Labute approximate surface area is 98.1 Å². The molecule has 13 heavy (non-hydrogen) atoms. The van der Waals surface area contributed by atoms with Gasteiger partial charge in [0.05, 0.1) is 3.39 Å². The molecule has 0 aromatic rings. The predicted molar refractivity (Wildman–Crippen MR) is 68.4 cm³/mol. The van der Waals surface area contributed by atoms with E-state index in [-0.39, 0.29) is 0 Å². The highest BCUT2D eigenvalue weighted by molar-refractivity contribution is 9.28. The fraction of sp³-hybridized carbons (Fsp3) is 0.455. The van der Waals surface area contributed by atoms with Gasteiger partial charge in [-0.2, -0.15) is 0 Å². The quantitative estimate of drug-likeness (QED) is 0.487. The molecule has 0 heterocycles. The summed E-state index contributed by atoms with van der Waals surface area (Å²) in [7, 11) is 0. The maximum atomic E-state index is 3.32. The topological polar surface area (TPSA) is 0 Å². The lowest BCUT2D eigenvalue weighted by Gasteiger charge is -1.96. The van der Waals surface area contributed by atoms with E-state index in [1.54, 1.807) is 0 Å². The molecule has 0 unspecified atom stereocenters. The first-order valence-electron chi connectivity index (χ1n) is 4.34. The van der Waals surface area contributed by atoms with Gasteiger partial charge < -0.3 is 0 Å². The summed E-state index contributed by atoms with van der Waals surface area (Å²) in [6, 6.07) is 0. The molecule has 0 saturated carbocycles. The summed E-state index contributed by atoms with van der Waals surface area (Å²) in [5.74, 6) is 0. The van der Waals surface area contributed by atoms with Crippen molar-refractivity contribution in [2.24, 2.45) is 0 Å². The fourth-order valence-electron chi connectivity index (χ4n) is 0.877. The first-order chi connectivity index (χ1) is 6.02. The number of hydrogen-bond donors (Lipinski definition) is 0. The minimum absolute atomic E-state index is 0.988. The highest BCUT2D eigenvalue weighted by atomic mass is 79.9. The van der Waals surface area contributed by atoms with Gasteiger partial charge in [0.25, 0.3) is 0 Å². The van der Waals surface area contributed by atoms with E-state index in [9.17, 15) is 0 Å². The van der Waals surface area contributed by atoms with E-state index in [0.29, 0.717) is 0 Å². The molecule has 0 amide bonds. The highest BCUT2D eigenvalue weighted by Gasteiger charge is 1.87. The lowest BCUT2D eigenvalue weighted by Crippen LogP contribution is -1.75. The molecule has 74 valence electrons. The molecule has 0 saturated heterocycles. The van der Waals surface area contributed by atoms with Crippen LogP contribution in [-0.2, 0) is 0 Å². The summed E-state index contributed by atoms with van der Waals surface area (Å²) in [6.07, 6.45) is 8.67. The van der Waals surface area contributed by atoms with E-state index in [0.717, 1.165) is 16.2 Å². The summed E-state index contributed by atoms with van der Waals surface area (Å²) in [4.78, 5) is 0. The van der Waals surface area contributed by atoms with Crippen LogP contribution in [0.15, 0.2) is 32.8 Å². The van der Waals surface area contributed by atoms with Gasteiger partial charge in [0.15, 0.2) is 0 Å². The van der Waals surface area contributed by atoms with Crippen LogP contribution < -0.4 is 0 Å². The van der Waals surface area contributed by atoms with Crippen molar-refractivity contribution >= 4 is 31.9 Å². The van der Waals surface area contributed by atoms with E-state index < -0.39 is 0 Å². The summed E-state index contributed by atoms with van der Waals surface area (Å²) in [6.45, 7) is 6.42. The van der Waals surface area contributed by atoms with Gasteiger partial charge in [0, 0.05) is 0 Å². The second-order valence-electron chi connectivity index (χ2n) is 3.29. The van der Waals surface area contributed by atoms with Crippen molar-refractivity contribution in [3.05, 3.63) is 32.8 Å². The predicted octanol–water partition coefficient (Wildman–Crippen LogP) is 5.31. The summed E-state index contributed by atoms with van der Waals surface area (Å²) in [5, 5.41) is 0. The monoisotopic (exact) mass is 306 g/mol. The van der Waals surface area contributed by atoms with Gasteiger partial charge in [0.1, 0.15) is 0 Å². The van der Waals surface area contributed by atoms with Gasteiger partial charge in [-0.15, -0.1) is 0 Å². The van der Waals surface area contributed by atoms with Crippen molar-refractivity contribution in [2.45, 2.75) is 33.6 Å². The Kier molecular flexibility index (Phi) is 7.68. The fourth-order valence-corrected chi connectivity index (χ4v) is 1.14. The van der Waals surface area contributed by atoms with E-state index in [4.69, 9.17) is 0 Å². The van der Waals surface area contributed by atoms with Crippen LogP contribution in [0.1, 0.15) is 33.6 Å². The zero-order chi connectivity index (χ0) is 10.3. The summed E-state index contributed by atoms with van der Waals surface area (Å²) < 4.78 is 0.988. The minimum Gasteiger partial charge on any atom is -0.0856 e. The van der Waals surface area contributed by atoms with Crippen LogP contribution >= 0.6 is 31.9 Å². The molecule has 0 nitrogen and oxygen atoms in total. The van der Waals surface area contributed by atoms with Crippen LogP contribution in [-0.4, -0.2) is 0 Å². The number of hydrogen-bond acceptors (Lipinski definition) is 0. The number of allylic oxidation sites excluding steroid dienone is 5. The van der Waals surface area contributed by atoms with Crippen molar-refractivity contribution in [3.63, 3.8) is 0 Å². The molecular formula is C11H16Br2. The molecule has 0 bridgehead atoms. The first-order valence-corrected chi connectivity index (χ1v) is 5.93. The Morgan fingerprint density at radius 3 is 2.15 bits per heavy atom. The molecule has 0 rings (SSSR count). The molecule has 0 spiro atoms. The van der Waals surface area contributed by atoms with Crippen molar-refractivity contribution in [1.29, 1.82) is 0 Å². The molecule has 0 aromatic heterocycles. The van der Waals surface area contributed by atoms with Gasteiger partial charge in [0.2, 0.25) is 0 Å². The Morgan fingerprint density at radius 2 is 1.69 bits per heavy atom. The molecule has 0 atom stereocenters. The third-order valence-electron chi connectivity index (χ3n) is 1.59. The van der Waals surface area contributed by atoms with Crippen molar-refractivity contribution in [3.8, 4) is 0 Å². The zero-order valence-corrected chi connectivity index (χ0v) is 11.6. The molecule has 2 heteroatoms. The molecule has 0 aliphatic rings. The molecule has 0 aromatic carbocycles. The Hall–Kier alpha value is 0.180. The van der Waals surface area contributed by atoms with Crippen LogP contribution in [0.5, 0.6) is 0 Å². The van der Waals surface area contributed by atoms with Gasteiger partial charge in [-0.1, -0.05) is 23.3 Å². The van der Waals surface area contributed by atoms with Gasteiger partial charge in [-0.25, -0.2) is 0 Å². The molecule has 0 radical (unpaired) electrons. The lowest BCUT2D eigenvalue weighted by atomic mass is 10.1. The normalized spacial score (nSPS) is 11.0. The molecule has 0 aliphatic heterocycles. The third-order valence-corrected chi connectivity index (χ3v) is 2.11. The summed E-state index contributed by atoms with van der Waals surface area (Å²) in [5.41, 5.74) is 2.79. The van der Waals surface area contributed by atoms with E-state index in [1.807, 2.05) is 6.08 Å². The van der Waals surface area contributed by atoms with Gasteiger partial charge in [-0.05, 0) is 71.5 Å².